The molecule has 0 radical (unpaired) electrons. The van der Waals surface area contributed by atoms with Crippen LogP contribution in [0.3, 0.4) is 0 Å². The Morgan fingerprint density at radius 2 is 2.10 bits per heavy atom. The highest BCUT2D eigenvalue weighted by Gasteiger charge is 2.34. The van der Waals surface area contributed by atoms with Crippen LogP contribution in [0.2, 0.25) is 0 Å². The fraction of sp³-hybridized carbons (Fsp3) is 0.429. The zero-order valence-corrected chi connectivity index (χ0v) is 11.7. The lowest BCUT2D eigenvalue weighted by Gasteiger charge is -2.52. The van der Waals surface area contributed by atoms with Gasteiger partial charge in [0.2, 0.25) is 5.91 Å². The van der Waals surface area contributed by atoms with Gasteiger partial charge in [0.25, 0.3) is 0 Å². The molecule has 0 bridgehead atoms. The number of rotatable bonds is 5. The fourth-order valence-corrected chi connectivity index (χ4v) is 2.06. The molecule has 1 aliphatic rings. The van der Waals surface area contributed by atoms with Gasteiger partial charge in [0.1, 0.15) is 6.61 Å². The predicted octanol–water partition coefficient (Wildman–Crippen LogP) is 0.599. The minimum Gasteiger partial charge on any atom is -0.785 e. The van der Waals surface area contributed by atoms with E-state index < -0.39 is 12.1 Å². The Morgan fingerprint density at radius 1 is 1.38 bits per heavy atom. The molecule has 0 aromatic heterocycles. The van der Waals surface area contributed by atoms with Crippen LogP contribution in [0, 0.1) is 5.21 Å². The summed E-state index contributed by atoms with van der Waals surface area (Å²) in [4.78, 5) is 22.5. The van der Waals surface area contributed by atoms with Crippen LogP contribution in [0.15, 0.2) is 30.3 Å². The third-order valence-electron chi connectivity index (χ3n) is 3.29. The van der Waals surface area contributed by atoms with Crippen LogP contribution in [0.4, 0.5) is 4.79 Å². The van der Waals surface area contributed by atoms with Crippen molar-refractivity contribution in [1.82, 2.24) is 15.7 Å². The first-order valence-corrected chi connectivity index (χ1v) is 6.71. The maximum Gasteiger partial charge on any atom is 0.407 e. The molecular weight excluding hydrogens is 274 g/mol. The lowest BCUT2D eigenvalue weighted by molar-refractivity contribution is -0.119. The second kappa shape index (κ2) is 7.05. The highest BCUT2D eigenvalue weighted by molar-refractivity contribution is 5.73. The van der Waals surface area contributed by atoms with Crippen LogP contribution in [0.5, 0.6) is 0 Å². The van der Waals surface area contributed by atoms with Gasteiger partial charge in [-0.05, 0) is 5.56 Å². The first-order valence-electron chi connectivity index (χ1n) is 6.71. The van der Waals surface area contributed by atoms with E-state index in [4.69, 9.17) is 4.74 Å². The smallest absolute Gasteiger partial charge is 0.407 e. The number of hydroxylamine groups is 2. The molecule has 1 heterocycles. The normalized spacial score (nSPS) is 21.2. The Bertz CT molecular complexity index is 494. The zero-order chi connectivity index (χ0) is 15.2. The average molecular weight is 292 g/mol. The maximum absolute atomic E-state index is 11.7. The molecule has 0 saturated carbocycles. The van der Waals surface area contributed by atoms with Gasteiger partial charge in [-0.2, -0.15) is 0 Å². The molecule has 2 atom stereocenters. The van der Waals surface area contributed by atoms with Gasteiger partial charge in [0.05, 0.1) is 6.04 Å². The van der Waals surface area contributed by atoms with Crippen LogP contribution in [-0.4, -0.2) is 42.2 Å². The molecular formula is C14H18N3O4-. The van der Waals surface area contributed by atoms with Gasteiger partial charge in [-0.1, -0.05) is 30.3 Å². The highest BCUT2D eigenvalue weighted by atomic mass is 16.5. The second-order valence-corrected chi connectivity index (χ2v) is 4.92. The van der Waals surface area contributed by atoms with Gasteiger partial charge in [-0.25, -0.2) is 4.79 Å². The fourth-order valence-electron chi connectivity index (χ4n) is 2.06. The number of amides is 2. The Morgan fingerprint density at radius 3 is 2.71 bits per heavy atom. The number of ether oxygens (including phenoxy) is 1. The molecule has 1 aromatic rings. The van der Waals surface area contributed by atoms with Gasteiger partial charge in [0.15, 0.2) is 0 Å². The van der Waals surface area contributed by atoms with E-state index >= 15 is 0 Å². The van der Waals surface area contributed by atoms with E-state index in [1.807, 2.05) is 30.3 Å². The number of benzene rings is 1. The van der Waals surface area contributed by atoms with Crippen LogP contribution in [0.25, 0.3) is 0 Å². The van der Waals surface area contributed by atoms with E-state index in [9.17, 15) is 14.8 Å². The van der Waals surface area contributed by atoms with Crippen LogP contribution >= 0.6 is 0 Å². The summed E-state index contributed by atoms with van der Waals surface area (Å²) in [6.45, 7) is 1.97. The number of hydrogen-bond donors (Lipinski definition) is 2. The van der Waals surface area contributed by atoms with Crippen LogP contribution in [-0.2, 0) is 16.1 Å². The summed E-state index contributed by atoms with van der Waals surface area (Å²) in [6.07, 6.45) is -0.565. The van der Waals surface area contributed by atoms with Crippen molar-refractivity contribution < 1.29 is 14.3 Å². The molecule has 7 heteroatoms. The minimum absolute atomic E-state index is 0.177. The van der Waals surface area contributed by atoms with Crippen molar-refractivity contribution in [3.63, 3.8) is 0 Å². The molecule has 7 nitrogen and oxygen atoms in total. The van der Waals surface area contributed by atoms with Crippen molar-refractivity contribution in [2.24, 2.45) is 0 Å². The van der Waals surface area contributed by atoms with E-state index in [1.54, 1.807) is 0 Å². The Balaban J connectivity index is 1.73. The number of nitrogens with zero attached hydrogens (tertiary/aromatic N) is 1. The number of alkyl carbamates (subject to hydrolysis) is 1. The largest absolute Gasteiger partial charge is 0.785 e. The summed E-state index contributed by atoms with van der Waals surface area (Å²) in [7, 11) is 0. The van der Waals surface area contributed by atoms with E-state index in [0.29, 0.717) is 0 Å². The highest BCUT2D eigenvalue weighted by Crippen LogP contribution is 2.16. The Hall–Kier alpha value is -2.12. The van der Waals surface area contributed by atoms with Gasteiger partial charge < -0.3 is 25.6 Å². The van der Waals surface area contributed by atoms with E-state index in [2.05, 4.69) is 10.6 Å². The summed E-state index contributed by atoms with van der Waals surface area (Å²) >= 11 is 0. The van der Waals surface area contributed by atoms with Gasteiger partial charge >= 0.3 is 6.09 Å². The minimum atomic E-state index is -0.565. The third-order valence-corrected chi connectivity index (χ3v) is 3.29. The quantitative estimate of drug-likeness (QED) is 0.829. The van der Waals surface area contributed by atoms with Crippen molar-refractivity contribution in [3.05, 3.63) is 41.1 Å². The zero-order valence-electron chi connectivity index (χ0n) is 11.7. The summed E-state index contributed by atoms with van der Waals surface area (Å²) in [6, 6.07) is 8.57. The van der Waals surface area contributed by atoms with Gasteiger partial charge in [0, 0.05) is 26.1 Å². The molecule has 2 N–H and O–H groups in total. The van der Waals surface area contributed by atoms with Gasteiger partial charge in [-0.15, -0.1) is 0 Å². The third kappa shape index (κ3) is 4.44. The summed E-state index contributed by atoms with van der Waals surface area (Å²) in [5.41, 5.74) is 0.890. The Labute approximate surface area is 122 Å². The lowest BCUT2D eigenvalue weighted by atomic mass is 9.99. The maximum atomic E-state index is 11.7. The number of nitrogens with one attached hydrogen (secondary N) is 2. The van der Waals surface area contributed by atoms with E-state index in [0.717, 1.165) is 10.6 Å². The predicted molar refractivity (Wildman–Crippen MR) is 76.1 cm³/mol. The van der Waals surface area contributed by atoms with E-state index in [1.165, 1.54) is 6.92 Å². The number of carbonyl (C=O) groups excluding carboxylic acids is 2. The number of carbonyl (C=O) groups is 2. The van der Waals surface area contributed by atoms with Crippen LogP contribution < -0.4 is 10.6 Å². The first-order chi connectivity index (χ1) is 10.1. The summed E-state index contributed by atoms with van der Waals surface area (Å²) in [5, 5.41) is 17.4. The topological polar surface area (TPSA) is 93.7 Å². The molecule has 2 unspecified atom stereocenters. The lowest BCUT2D eigenvalue weighted by Crippen LogP contribution is -2.67. The van der Waals surface area contributed by atoms with Crippen molar-refractivity contribution >= 4 is 12.0 Å². The van der Waals surface area contributed by atoms with Crippen molar-refractivity contribution in [2.75, 3.05) is 13.1 Å². The second-order valence-electron chi connectivity index (χ2n) is 4.92. The molecule has 2 amide bonds. The van der Waals surface area contributed by atoms with E-state index in [-0.39, 0.29) is 31.6 Å². The summed E-state index contributed by atoms with van der Waals surface area (Å²) < 4.78 is 5.09. The Kier molecular flexibility index (Phi) is 5.13. The summed E-state index contributed by atoms with van der Waals surface area (Å²) in [5.74, 6) is -0.208. The van der Waals surface area contributed by atoms with Crippen molar-refractivity contribution in [1.29, 1.82) is 0 Å². The molecule has 2 rings (SSSR count). The standard InChI is InChI=1S/C14H18N3O4/c1-10(18)15-7-13-12(8-17(13)20)16-14(19)21-9-11-5-3-2-4-6-11/h2-6,12-13H,7-9H2,1H3,(H,15,18)(H,16,19)/q-1. The molecule has 1 aliphatic heterocycles. The van der Waals surface area contributed by atoms with Crippen molar-refractivity contribution in [2.45, 2.75) is 25.6 Å². The molecule has 1 saturated heterocycles. The molecule has 1 fully saturated rings. The van der Waals surface area contributed by atoms with Crippen LogP contribution in [0.1, 0.15) is 12.5 Å². The molecule has 1 aromatic carbocycles. The SMILES string of the molecule is CC(=O)NCC1C(NC(=O)OCc2ccccc2)CN1[O-]. The molecule has 114 valence electrons. The molecule has 21 heavy (non-hydrogen) atoms. The van der Waals surface area contributed by atoms with Crippen molar-refractivity contribution in [3.8, 4) is 0 Å². The average Bonchev–Trinajstić information content (AvgIpc) is 2.45. The number of hydrogen-bond acceptors (Lipinski definition) is 5. The molecule has 0 spiro atoms. The molecule has 0 aliphatic carbocycles. The first kappa shape index (κ1) is 15.3. The monoisotopic (exact) mass is 292 g/mol. The van der Waals surface area contributed by atoms with Gasteiger partial charge in [-0.3, -0.25) is 4.79 Å².